The zero-order valence-corrected chi connectivity index (χ0v) is 12.7. The average Bonchev–Trinajstić information content (AvgIpc) is 2.50. The molecular formula is C14H18ClN5O2. The maximum atomic E-state index is 11.9. The standard InChI is InChI=1S/C14H18ClN5O2/c15-9-1-3-10(4-2-9)18-12(21)13(22)19-11-5-7-20(8-6-11)14(16)17/h1-4,11H,5-8H2,(H3,16,17)(H,18,21)(H,19,22). The molecule has 0 spiro atoms. The number of nitrogens with zero attached hydrogens (tertiary/aromatic N) is 1. The highest BCUT2D eigenvalue weighted by Gasteiger charge is 2.23. The van der Waals surface area contributed by atoms with Crippen molar-refractivity contribution < 1.29 is 9.59 Å². The Morgan fingerprint density at radius 3 is 2.32 bits per heavy atom. The first kappa shape index (κ1) is 16.1. The molecule has 0 unspecified atom stereocenters. The molecule has 1 fully saturated rings. The Hall–Kier alpha value is -2.28. The van der Waals surface area contributed by atoms with E-state index < -0.39 is 11.8 Å². The van der Waals surface area contributed by atoms with Crippen molar-refractivity contribution in [1.29, 1.82) is 5.41 Å². The van der Waals surface area contributed by atoms with Gasteiger partial charge in [-0.15, -0.1) is 0 Å². The molecule has 1 aromatic carbocycles. The molecule has 8 heteroatoms. The molecule has 118 valence electrons. The van der Waals surface area contributed by atoms with Gasteiger partial charge in [0.2, 0.25) is 0 Å². The largest absolute Gasteiger partial charge is 0.370 e. The van der Waals surface area contributed by atoms with E-state index in [4.69, 9.17) is 22.7 Å². The van der Waals surface area contributed by atoms with E-state index in [2.05, 4.69) is 10.6 Å². The smallest absolute Gasteiger partial charge is 0.313 e. The van der Waals surface area contributed by atoms with Crippen LogP contribution in [0.1, 0.15) is 12.8 Å². The van der Waals surface area contributed by atoms with Crippen molar-refractivity contribution in [3.8, 4) is 0 Å². The molecule has 22 heavy (non-hydrogen) atoms. The van der Waals surface area contributed by atoms with Gasteiger partial charge in [0, 0.05) is 29.8 Å². The van der Waals surface area contributed by atoms with Crippen LogP contribution in [0.2, 0.25) is 5.02 Å². The number of anilines is 1. The summed E-state index contributed by atoms with van der Waals surface area (Å²) in [6, 6.07) is 6.43. The first-order chi connectivity index (χ1) is 10.5. The van der Waals surface area contributed by atoms with Gasteiger partial charge in [0.1, 0.15) is 0 Å². The van der Waals surface area contributed by atoms with Gasteiger partial charge in [-0.25, -0.2) is 0 Å². The fourth-order valence-corrected chi connectivity index (χ4v) is 2.36. The lowest BCUT2D eigenvalue weighted by molar-refractivity contribution is -0.136. The maximum absolute atomic E-state index is 11.9. The molecule has 1 aliphatic heterocycles. The lowest BCUT2D eigenvalue weighted by Gasteiger charge is -2.32. The van der Waals surface area contributed by atoms with Gasteiger partial charge in [-0.2, -0.15) is 0 Å². The van der Waals surface area contributed by atoms with Gasteiger partial charge in [0.15, 0.2) is 5.96 Å². The molecule has 0 radical (unpaired) electrons. The van der Waals surface area contributed by atoms with Gasteiger partial charge in [-0.05, 0) is 37.1 Å². The van der Waals surface area contributed by atoms with Crippen molar-refractivity contribution in [1.82, 2.24) is 10.2 Å². The number of likely N-dealkylation sites (tertiary alicyclic amines) is 1. The van der Waals surface area contributed by atoms with Crippen LogP contribution < -0.4 is 16.4 Å². The summed E-state index contributed by atoms with van der Waals surface area (Å²) in [5.41, 5.74) is 5.92. The van der Waals surface area contributed by atoms with Crippen LogP contribution in [-0.4, -0.2) is 41.8 Å². The minimum absolute atomic E-state index is 0.0326. The van der Waals surface area contributed by atoms with E-state index in [9.17, 15) is 9.59 Å². The molecule has 0 bridgehead atoms. The molecule has 1 aliphatic rings. The van der Waals surface area contributed by atoms with E-state index in [1.54, 1.807) is 29.2 Å². The molecular weight excluding hydrogens is 306 g/mol. The normalized spacial score (nSPS) is 15.2. The van der Waals surface area contributed by atoms with Crippen molar-refractivity contribution in [3.63, 3.8) is 0 Å². The van der Waals surface area contributed by atoms with Crippen LogP contribution in [0.15, 0.2) is 24.3 Å². The second kappa shape index (κ2) is 7.13. The number of carbonyl (C=O) groups excluding carboxylic acids is 2. The quantitative estimate of drug-likeness (QED) is 0.365. The fraction of sp³-hybridized carbons (Fsp3) is 0.357. The van der Waals surface area contributed by atoms with Crippen molar-refractivity contribution in [3.05, 3.63) is 29.3 Å². The van der Waals surface area contributed by atoms with E-state index in [0.29, 0.717) is 36.6 Å². The van der Waals surface area contributed by atoms with Crippen LogP contribution in [0.3, 0.4) is 0 Å². The highest BCUT2D eigenvalue weighted by molar-refractivity contribution is 6.39. The van der Waals surface area contributed by atoms with Crippen LogP contribution in [0.4, 0.5) is 5.69 Å². The number of amides is 2. The van der Waals surface area contributed by atoms with Crippen LogP contribution in [0.5, 0.6) is 0 Å². The number of rotatable bonds is 2. The van der Waals surface area contributed by atoms with E-state index in [-0.39, 0.29) is 12.0 Å². The molecule has 2 rings (SSSR count). The summed E-state index contributed by atoms with van der Waals surface area (Å²) in [7, 11) is 0. The summed E-state index contributed by atoms with van der Waals surface area (Å²) in [6.45, 7) is 1.19. The van der Waals surface area contributed by atoms with Crippen molar-refractivity contribution in [2.45, 2.75) is 18.9 Å². The molecule has 1 heterocycles. The Labute approximate surface area is 133 Å². The van der Waals surface area contributed by atoms with Crippen molar-refractivity contribution in [2.24, 2.45) is 5.73 Å². The topological polar surface area (TPSA) is 111 Å². The molecule has 0 saturated carbocycles. The number of benzene rings is 1. The predicted octanol–water partition coefficient (Wildman–Crippen LogP) is 0.753. The molecule has 5 N–H and O–H groups in total. The van der Waals surface area contributed by atoms with Gasteiger partial charge in [-0.1, -0.05) is 11.6 Å². The highest BCUT2D eigenvalue weighted by Crippen LogP contribution is 2.13. The highest BCUT2D eigenvalue weighted by atomic mass is 35.5. The Balaban J connectivity index is 1.81. The minimum Gasteiger partial charge on any atom is -0.370 e. The molecule has 0 aromatic heterocycles. The van der Waals surface area contributed by atoms with E-state index in [1.807, 2.05) is 0 Å². The first-order valence-corrected chi connectivity index (χ1v) is 7.30. The number of nitrogens with two attached hydrogens (primary N) is 1. The van der Waals surface area contributed by atoms with Crippen molar-refractivity contribution in [2.75, 3.05) is 18.4 Å². The summed E-state index contributed by atoms with van der Waals surface area (Å²) in [5.74, 6) is -1.35. The number of guanidine groups is 1. The number of halogens is 1. The average molecular weight is 324 g/mol. The second-order valence-electron chi connectivity index (χ2n) is 5.08. The number of piperidine rings is 1. The van der Waals surface area contributed by atoms with E-state index in [1.165, 1.54) is 0 Å². The molecule has 1 saturated heterocycles. The van der Waals surface area contributed by atoms with E-state index >= 15 is 0 Å². The van der Waals surface area contributed by atoms with Crippen LogP contribution in [0.25, 0.3) is 0 Å². The predicted molar refractivity (Wildman–Crippen MR) is 84.7 cm³/mol. The molecule has 0 atom stereocenters. The SMILES string of the molecule is N=C(N)N1CCC(NC(=O)C(=O)Nc2ccc(Cl)cc2)CC1. The first-order valence-electron chi connectivity index (χ1n) is 6.92. The van der Waals surface area contributed by atoms with Crippen LogP contribution in [0, 0.1) is 5.41 Å². The number of carbonyl (C=O) groups is 2. The van der Waals surface area contributed by atoms with E-state index in [0.717, 1.165) is 0 Å². The Kier molecular flexibility index (Phi) is 5.21. The minimum atomic E-state index is -0.712. The summed E-state index contributed by atoms with van der Waals surface area (Å²) in [4.78, 5) is 25.4. The molecule has 7 nitrogen and oxygen atoms in total. The van der Waals surface area contributed by atoms with Gasteiger partial charge in [-0.3, -0.25) is 15.0 Å². The Bertz CT molecular complexity index is 567. The number of hydrogen-bond donors (Lipinski definition) is 4. The molecule has 0 aliphatic carbocycles. The maximum Gasteiger partial charge on any atom is 0.313 e. The van der Waals surface area contributed by atoms with Gasteiger partial charge in [0.25, 0.3) is 0 Å². The number of nitrogens with one attached hydrogen (secondary N) is 3. The number of hydrogen-bond acceptors (Lipinski definition) is 3. The summed E-state index contributed by atoms with van der Waals surface area (Å²) >= 11 is 5.75. The summed E-state index contributed by atoms with van der Waals surface area (Å²) in [5, 5.41) is 13.1. The Morgan fingerprint density at radius 2 is 1.77 bits per heavy atom. The molecule has 1 aromatic rings. The second-order valence-corrected chi connectivity index (χ2v) is 5.52. The van der Waals surface area contributed by atoms with Gasteiger partial charge >= 0.3 is 11.8 Å². The monoisotopic (exact) mass is 323 g/mol. The third-order valence-electron chi connectivity index (χ3n) is 3.48. The van der Waals surface area contributed by atoms with Crippen LogP contribution in [-0.2, 0) is 9.59 Å². The zero-order chi connectivity index (χ0) is 16.1. The summed E-state index contributed by atoms with van der Waals surface area (Å²) < 4.78 is 0. The van der Waals surface area contributed by atoms with Gasteiger partial charge < -0.3 is 21.3 Å². The zero-order valence-electron chi connectivity index (χ0n) is 11.9. The lowest BCUT2D eigenvalue weighted by Crippen LogP contribution is -2.50. The fourth-order valence-electron chi connectivity index (χ4n) is 2.24. The summed E-state index contributed by atoms with van der Waals surface area (Å²) in [6.07, 6.45) is 1.30. The Morgan fingerprint density at radius 1 is 1.18 bits per heavy atom. The van der Waals surface area contributed by atoms with Crippen LogP contribution >= 0.6 is 11.6 Å². The third kappa shape index (κ3) is 4.36. The van der Waals surface area contributed by atoms with Crippen molar-refractivity contribution >= 4 is 35.1 Å². The van der Waals surface area contributed by atoms with Gasteiger partial charge in [0.05, 0.1) is 0 Å². The molecule has 2 amide bonds. The third-order valence-corrected chi connectivity index (χ3v) is 3.73. The lowest BCUT2D eigenvalue weighted by atomic mass is 10.1.